The van der Waals surface area contributed by atoms with Crippen LogP contribution < -0.4 is 5.49 Å². The van der Waals surface area contributed by atoms with Gasteiger partial charge in [-0.3, -0.25) is 9.81 Å². The van der Waals surface area contributed by atoms with Crippen LogP contribution in [0.5, 0.6) is 0 Å². The molecule has 0 aliphatic heterocycles. The molecule has 92 valence electrons. The number of aromatic nitrogens is 4. The van der Waals surface area contributed by atoms with Gasteiger partial charge in [-0.25, -0.2) is 4.98 Å². The van der Waals surface area contributed by atoms with Crippen LogP contribution in [0.3, 0.4) is 0 Å². The first-order valence-electron chi connectivity index (χ1n) is 5.83. The van der Waals surface area contributed by atoms with Crippen molar-refractivity contribution in [3.05, 3.63) is 41.6 Å². The third-order valence-electron chi connectivity index (χ3n) is 3.15. The van der Waals surface area contributed by atoms with Crippen LogP contribution in [0.15, 0.2) is 30.3 Å². The minimum Gasteiger partial charge on any atom is -0.283 e. The van der Waals surface area contributed by atoms with Crippen molar-refractivity contribution < 1.29 is 0 Å². The Balaban J connectivity index is 2.30. The van der Waals surface area contributed by atoms with E-state index in [9.17, 15) is 0 Å². The highest BCUT2D eigenvalue weighted by molar-refractivity contribution is 7.22. The van der Waals surface area contributed by atoms with Crippen LogP contribution in [0.1, 0.15) is 5.82 Å². The predicted molar refractivity (Wildman–Crippen MR) is 74.3 cm³/mol. The lowest BCUT2D eigenvalue weighted by Gasteiger charge is -2.02. The molecule has 0 aliphatic carbocycles. The minimum atomic E-state index is 0.393. The van der Waals surface area contributed by atoms with Gasteiger partial charge in [0.2, 0.25) is 4.96 Å². The van der Waals surface area contributed by atoms with Gasteiger partial charge in [-0.1, -0.05) is 29.5 Å². The molecule has 5 nitrogen and oxygen atoms in total. The Labute approximate surface area is 111 Å². The largest absolute Gasteiger partial charge is 0.283 e. The second-order valence-electron chi connectivity index (χ2n) is 4.35. The van der Waals surface area contributed by atoms with Gasteiger partial charge in [-0.2, -0.15) is 0 Å². The Bertz CT molecular complexity index is 998. The fraction of sp³-hybridized carbons (Fsp3) is 0.0769. The third-order valence-corrected chi connectivity index (χ3v) is 4.10. The molecule has 6 heteroatoms. The molecule has 1 aromatic carbocycles. The number of aryl methyl sites for hydroxylation is 1. The summed E-state index contributed by atoms with van der Waals surface area (Å²) in [6, 6.07) is 9.94. The molecule has 19 heavy (non-hydrogen) atoms. The Morgan fingerprint density at radius 3 is 2.95 bits per heavy atom. The first-order valence-corrected chi connectivity index (χ1v) is 6.64. The van der Waals surface area contributed by atoms with E-state index in [0.717, 1.165) is 26.9 Å². The molecule has 0 spiro atoms. The normalized spacial score (nSPS) is 11.6. The van der Waals surface area contributed by atoms with Crippen molar-refractivity contribution in [2.75, 3.05) is 0 Å². The highest BCUT2D eigenvalue weighted by atomic mass is 32.1. The highest BCUT2D eigenvalue weighted by Gasteiger charge is 2.09. The molecule has 0 bridgehead atoms. The maximum absolute atomic E-state index is 8.31. The van der Waals surface area contributed by atoms with E-state index in [1.807, 2.05) is 37.3 Å². The molecule has 0 aliphatic rings. The molecule has 0 amide bonds. The number of benzene rings is 1. The summed E-state index contributed by atoms with van der Waals surface area (Å²) in [5.41, 5.74) is 1.33. The number of para-hydroxylation sites is 1. The number of nitrogens with one attached hydrogen (secondary N) is 1. The Hall–Kier alpha value is -2.34. The van der Waals surface area contributed by atoms with Gasteiger partial charge in [-0.15, -0.1) is 10.2 Å². The Morgan fingerprint density at radius 1 is 1.21 bits per heavy atom. The zero-order valence-corrected chi connectivity index (χ0v) is 10.9. The van der Waals surface area contributed by atoms with E-state index in [-0.39, 0.29) is 0 Å². The van der Waals surface area contributed by atoms with Gasteiger partial charge in [-0.05, 0) is 19.1 Å². The van der Waals surface area contributed by atoms with Crippen LogP contribution in [-0.2, 0) is 0 Å². The monoisotopic (exact) mass is 267 g/mol. The lowest BCUT2D eigenvalue weighted by atomic mass is 10.2. The number of fused-ring (bicyclic) bond motifs is 3. The summed E-state index contributed by atoms with van der Waals surface area (Å²) in [6.45, 7) is 1.85. The van der Waals surface area contributed by atoms with Crippen LogP contribution in [-0.4, -0.2) is 19.6 Å². The third kappa shape index (κ3) is 1.40. The molecule has 0 saturated carbocycles. The lowest BCUT2D eigenvalue weighted by Crippen LogP contribution is -2.13. The summed E-state index contributed by atoms with van der Waals surface area (Å²) < 4.78 is 1.75. The summed E-state index contributed by atoms with van der Waals surface area (Å²) in [6.07, 6.45) is 0. The molecule has 0 saturated heterocycles. The highest BCUT2D eigenvalue weighted by Crippen LogP contribution is 2.21. The number of pyridine rings is 1. The van der Waals surface area contributed by atoms with E-state index in [1.54, 1.807) is 4.40 Å². The van der Waals surface area contributed by atoms with Gasteiger partial charge in [0.25, 0.3) is 0 Å². The lowest BCUT2D eigenvalue weighted by molar-refractivity contribution is 0.956. The standard InChI is InChI=1S/C13H9N5S/c1-7-16-17-13-18(7)11(14)9-6-8-4-2-3-5-10(8)15-12(9)19-13/h2-6,14H,1H3. The quantitative estimate of drug-likeness (QED) is 0.497. The topological polar surface area (TPSA) is 66.9 Å². The van der Waals surface area contributed by atoms with Crippen molar-refractivity contribution in [3.8, 4) is 0 Å². The average molecular weight is 267 g/mol. The van der Waals surface area contributed by atoms with Gasteiger partial charge >= 0.3 is 0 Å². The molecule has 3 aromatic heterocycles. The van der Waals surface area contributed by atoms with Crippen molar-refractivity contribution in [2.45, 2.75) is 6.92 Å². The van der Waals surface area contributed by atoms with Crippen molar-refractivity contribution in [3.63, 3.8) is 0 Å². The van der Waals surface area contributed by atoms with Crippen LogP contribution in [0.4, 0.5) is 0 Å². The maximum Gasteiger partial charge on any atom is 0.219 e. The SMILES string of the molecule is Cc1nnc2sc3nc4ccccc4cc3c(=N)n12. The van der Waals surface area contributed by atoms with Gasteiger partial charge in [0, 0.05) is 5.39 Å². The van der Waals surface area contributed by atoms with Crippen LogP contribution >= 0.6 is 11.3 Å². The van der Waals surface area contributed by atoms with Crippen molar-refractivity contribution in [1.29, 1.82) is 5.41 Å². The first-order chi connectivity index (χ1) is 9.24. The second kappa shape index (κ2) is 3.58. The van der Waals surface area contributed by atoms with Crippen molar-refractivity contribution in [1.82, 2.24) is 19.6 Å². The molecule has 0 unspecified atom stereocenters. The summed E-state index contributed by atoms with van der Waals surface area (Å²) in [7, 11) is 0. The number of hydrogen-bond donors (Lipinski definition) is 1. The van der Waals surface area contributed by atoms with Crippen LogP contribution in [0.25, 0.3) is 26.1 Å². The first kappa shape index (κ1) is 10.6. The summed E-state index contributed by atoms with van der Waals surface area (Å²) in [5.74, 6) is 0.728. The smallest absolute Gasteiger partial charge is 0.219 e. The molecule has 0 atom stereocenters. The van der Waals surface area contributed by atoms with Gasteiger partial charge in [0.15, 0.2) is 0 Å². The number of nitrogens with zero attached hydrogens (tertiary/aromatic N) is 4. The molecule has 0 radical (unpaired) electrons. The van der Waals surface area contributed by atoms with E-state index < -0.39 is 0 Å². The Morgan fingerprint density at radius 2 is 2.05 bits per heavy atom. The zero-order valence-electron chi connectivity index (χ0n) is 10.1. The van der Waals surface area contributed by atoms with E-state index >= 15 is 0 Å². The average Bonchev–Trinajstić information content (AvgIpc) is 2.79. The molecular weight excluding hydrogens is 258 g/mol. The number of rotatable bonds is 0. The van der Waals surface area contributed by atoms with Gasteiger partial charge in [0.1, 0.15) is 16.1 Å². The molecule has 4 aromatic rings. The molecule has 4 rings (SSSR count). The number of hydrogen-bond acceptors (Lipinski definition) is 5. The predicted octanol–water partition coefficient (Wildman–Crippen LogP) is 2.28. The minimum absolute atomic E-state index is 0.393. The van der Waals surface area contributed by atoms with Gasteiger partial charge < -0.3 is 0 Å². The molecule has 3 heterocycles. The van der Waals surface area contributed by atoms with Gasteiger partial charge in [0.05, 0.1) is 10.9 Å². The van der Waals surface area contributed by atoms with E-state index in [0.29, 0.717) is 10.4 Å². The van der Waals surface area contributed by atoms with E-state index in [1.165, 1.54) is 11.3 Å². The molecule has 0 fully saturated rings. The van der Waals surface area contributed by atoms with Crippen molar-refractivity contribution in [2.24, 2.45) is 0 Å². The zero-order chi connectivity index (χ0) is 13.0. The molecular formula is C13H9N5S. The van der Waals surface area contributed by atoms with Crippen molar-refractivity contribution >= 4 is 37.4 Å². The summed E-state index contributed by atoms with van der Waals surface area (Å²) >= 11 is 1.46. The molecule has 1 N–H and O–H groups in total. The Kier molecular flexibility index (Phi) is 1.99. The van der Waals surface area contributed by atoms with Crippen LogP contribution in [0.2, 0.25) is 0 Å². The second-order valence-corrected chi connectivity index (χ2v) is 5.31. The summed E-state index contributed by atoms with van der Waals surface area (Å²) in [4.78, 5) is 6.14. The fourth-order valence-electron chi connectivity index (χ4n) is 2.22. The van der Waals surface area contributed by atoms with Crippen LogP contribution in [0, 0.1) is 12.3 Å². The maximum atomic E-state index is 8.31. The fourth-order valence-corrected chi connectivity index (χ4v) is 3.20. The van der Waals surface area contributed by atoms with E-state index in [4.69, 9.17) is 5.41 Å². The van der Waals surface area contributed by atoms with E-state index in [2.05, 4.69) is 15.2 Å². The summed E-state index contributed by atoms with van der Waals surface area (Å²) in [5, 5.41) is 18.3.